The predicted octanol–water partition coefficient (Wildman–Crippen LogP) is 4.71. The van der Waals surface area contributed by atoms with Gasteiger partial charge in [0.2, 0.25) is 0 Å². The van der Waals surface area contributed by atoms with Crippen LogP contribution in [-0.2, 0) is 0 Å². The molecule has 0 saturated heterocycles. The summed E-state index contributed by atoms with van der Waals surface area (Å²) in [6.45, 7) is 3.79. The summed E-state index contributed by atoms with van der Waals surface area (Å²) in [5, 5.41) is 0. The van der Waals surface area contributed by atoms with Gasteiger partial charge >= 0.3 is 0 Å². The van der Waals surface area contributed by atoms with Crippen molar-refractivity contribution in [1.82, 2.24) is 0 Å². The lowest BCUT2D eigenvalue weighted by molar-refractivity contribution is 0.439. The molecule has 2 nitrogen and oxygen atoms in total. The van der Waals surface area contributed by atoms with Gasteiger partial charge in [0.1, 0.15) is 5.75 Å². The molecule has 4 heteroatoms. The quantitative estimate of drug-likeness (QED) is 0.887. The molecule has 0 amide bonds. The molecule has 19 heavy (non-hydrogen) atoms. The first-order valence-corrected chi connectivity index (χ1v) is 6.75. The van der Waals surface area contributed by atoms with Crippen molar-refractivity contribution in [2.24, 2.45) is 5.73 Å². The van der Waals surface area contributed by atoms with E-state index < -0.39 is 5.82 Å². The number of rotatable bonds is 3. The monoisotopic (exact) mass is 323 g/mol. The lowest BCUT2D eigenvalue weighted by atomic mass is 10.1. The third-order valence-corrected chi connectivity index (χ3v) is 3.41. The molecule has 2 aromatic rings. The predicted molar refractivity (Wildman–Crippen MR) is 78.0 cm³/mol. The molecule has 0 spiro atoms. The van der Waals surface area contributed by atoms with E-state index in [1.54, 1.807) is 18.2 Å². The molecule has 2 rings (SSSR count). The Morgan fingerprint density at radius 2 is 1.84 bits per heavy atom. The topological polar surface area (TPSA) is 35.2 Å². The highest BCUT2D eigenvalue weighted by molar-refractivity contribution is 9.10. The van der Waals surface area contributed by atoms with Gasteiger partial charge in [-0.3, -0.25) is 0 Å². The molecule has 0 aromatic heterocycles. The minimum absolute atomic E-state index is 0.189. The van der Waals surface area contributed by atoms with Crippen LogP contribution >= 0.6 is 15.9 Å². The molecule has 0 heterocycles. The van der Waals surface area contributed by atoms with Crippen molar-refractivity contribution in [1.29, 1.82) is 0 Å². The summed E-state index contributed by atoms with van der Waals surface area (Å²) in [4.78, 5) is 0. The van der Waals surface area contributed by atoms with Crippen LogP contribution in [0.4, 0.5) is 4.39 Å². The highest BCUT2D eigenvalue weighted by atomic mass is 79.9. The highest BCUT2D eigenvalue weighted by Crippen LogP contribution is 2.32. The number of hydrogen-bond acceptors (Lipinski definition) is 2. The summed E-state index contributed by atoms with van der Waals surface area (Å²) < 4.78 is 20.3. The minimum Gasteiger partial charge on any atom is -0.453 e. The summed E-state index contributed by atoms with van der Waals surface area (Å²) in [5.74, 6) is 0.356. The van der Waals surface area contributed by atoms with Gasteiger partial charge in [0.05, 0.1) is 4.47 Å². The minimum atomic E-state index is -0.415. The van der Waals surface area contributed by atoms with Gasteiger partial charge in [-0.1, -0.05) is 12.1 Å². The second-order valence-corrected chi connectivity index (χ2v) is 5.37. The average molecular weight is 324 g/mol. The van der Waals surface area contributed by atoms with Crippen molar-refractivity contribution in [3.8, 4) is 11.5 Å². The summed E-state index contributed by atoms with van der Waals surface area (Å²) in [6, 6.07) is 10.2. The number of halogens is 2. The van der Waals surface area contributed by atoms with Gasteiger partial charge in [-0.2, -0.15) is 0 Å². The van der Waals surface area contributed by atoms with Crippen molar-refractivity contribution < 1.29 is 9.13 Å². The summed E-state index contributed by atoms with van der Waals surface area (Å²) in [6.07, 6.45) is 0. The Kier molecular flexibility index (Phi) is 4.22. The summed E-state index contributed by atoms with van der Waals surface area (Å²) in [7, 11) is 0. The Balaban J connectivity index is 2.28. The Hall–Kier alpha value is -1.39. The molecule has 0 unspecified atom stereocenters. The first-order chi connectivity index (χ1) is 8.97. The van der Waals surface area contributed by atoms with Gasteiger partial charge in [-0.25, -0.2) is 4.39 Å². The molecule has 0 fully saturated rings. The van der Waals surface area contributed by atoms with Crippen LogP contribution in [-0.4, -0.2) is 0 Å². The molecule has 100 valence electrons. The summed E-state index contributed by atoms with van der Waals surface area (Å²) in [5.41, 5.74) is 7.56. The molecule has 1 atom stereocenters. The lowest BCUT2D eigenvalue weighted by Crippen LogP contribution is -2.05. The van der Waals surface area contributed by atoms with Crippen LogP contribution < -0.4 is 10.5 Å². The molecular formula is C15H15BrFNO. The molecule has 0 bridgehead atoms. The Bertz CT molecular complexity index is 599. The molecule has 2 aromatic carbocycles. The van der Waals surface area contributed by atoms with Crippen molar-refractivity contribution in [3.05, 3.63) is 57.8 Å². The van der Waals surface area contributed by atoms with E-state index in [2.05, 4.69) is 15.9 Å². The fraction of sp³-hybridized carbons (Fsp3) is 0.200. The fourth-order valence-electron chi connectivity index (χ4n) is 1.69. The zero-order valence-electron chi connectivity index (χ0n) is 10.8. The van der Waals surface area contributed by atoms with Crippen LogP contribution in [0.2, 0.25) is 0 Å². The molecule has 0 radical (unpaired) electrons. The smallest absolute Gasteiger partial charge is 0.166 e. The maximum absolute atomic E-state index is 13.9. The molecule has 0 aliphatic rings. The number of nitrogens with two attached hydrogens (primary N) is 1. The third kappa shape index (κ3) is 3.33. The van der Waals surface area contributed by atoms with Gasteiger partial charge in [0, 0.05) is 6.04 Å². The first kappa shape index (κ1) is 14.0. The van der Waals surface area contributed by atoms with Gasteiger partial charge in [0.25, 0.3) is 0 Å². The molecule has 0 aliphatic carbocycles. The van der Waals surface area contributed by atoms with Crippen molar-refractivity contribution in [3.63, 3.8) is 0 Å². The molecular weight excluding hydrogens is 309 g/mol. The van der Waals surface area contributed by atoms with E-state index >= 15 is 0 Å². The van der Waals surface area contributed by atoms with Gasteiger partial charge in [-0.05, 0) is 65.2 Å². The third-order valence-electron chi connectivity index (χ3n) is 2.79. The molecule has 0 aliphatic heterocycles. The standard InChI is InChI=1S/C15H15BrFNO/c1-9-3-5-14(12(16)7-9)19-15-6-4-11(10(2)18)8-13(15)17/h3-8,10H,18H2,1-2H3/t10-/m0/s1. The van der Waals surface area contributed by atoms with Crippen molar-refractivity contribution >= 4 is 15.9 Å². The summed E-state index contributed by atoms with van der Waals surface area (Å²) >= 11 is 3.40. The van der Waals surface area contributed by atoms with Gasteiger partial charge < -0.3 is 10.5 Å². The Morgan fingerprint density at radius 3 is 2.42 bits per heavy atom. The highest BCUT2D eigenvalue weighted by Gasteiger charge is 2.10. The van der Waals surface area contributed by atoms with E-state index in [4.69, 9.17) is 10.5 Å². The normalized spacial score (nSPS) is 12.3. The lowest BCUT2D eigenvalue weighted by Gasteiger charge is -2.11. The number of benzene rings is 2. The van der Waals surface area contributed by atoms with Crippen LogP contribution in [0.1, 0.15) is 24.1 Å². The van der Waals surface area contributed by atoms with E-state index in [9.17, 15) is 4.39 Å². The van der Waals surface area contributed by atoms with Crippen molar-refractivity contribution in [2.45, 2.75) is 19.9 Å². The van der Waals surface area contributed by atoms with E-state index in [0.29, 0.717) is 5.75 Å². The van der Waals surface area contributed by atoms with Crippen LogP contribution in [0.25, 0.3) is 0 Å². The SMILES string of the molecule is Cc1ccc(Oc2ccc([C@H](C)N)cc2F)c(Br)c1. The maximum Gasteiger partial charge on any atom is 0.166 e. The van der Waals surface area contributed by atoms with E-state index in [1.165, 1.54) is 6.07 Å². The van der Waals surface area contributed by atoms with Gasteiger partial charge in [-0.15, -0.1) is 0 Å². The zero-order valence-corrected chi connectivity index (χ0v) is 12.4. The van der Waals surface area contributed by atoms with Crippen LogP contribution in [0, 0.1) is 12.7 Å². The number of aryl methyl sites for hydroxylation is 1. The maximum atomic E-state index is 13.9. The first-order valence-electron chi connectivity index (χ1n) is 5.96. The van der Waals surface area contributed by atoms with E-state index in [1.807, 2.05) is 26.0 Å². The van der Waals surface area contributed by atoms with Crippen LogP contribution in [0.5, 0.6) is 11.5 Å². The van der Waals surface area contributed by atoms with E-state index in [0.717, 1.165) is 15.6 Å². The average Bonchev–Trinajstić information content (AvgIpc) is 2.34. The van der Waals surface area contributed by atoms with Crippen LogP contribution in [0.15, 0.2) is 40.9 Å². The molecule has 0 saturated carbocycles. The fourth-order valence-corrected chi connectivity index (χ4v) is 2.26. The van der Waals surface area contributed by atoms with Crippen LogP contribution in [0.3, 0.4) is 0 Å². The molecule has 2 N–H and O–H groups in total. The zero-order chi connectivity index (χ0) is 14.0. The van der Waals surface area contributed by atoms with Gasteiger partial charge in [0.15, 0.2) is 11.6 Å². The number of ether oxygens (including phenoxy) is 1. The second-order valence-electron chi connectivity index (χ2n) is 4.51. The van der Waals surface area contributed by atoms with E-state index in [-0.39, 0.29) is 11.8 Å². The Labute approximate surface area is 120 Å². The Morgan fingerprint density at radius 1 is 1.16 bits per heavy atom. The number of hydrogen-bond donors (Lipinski definition) is 1. The van der Waals surface area contributed by atoms with Crippen molar-refractivity contribution in [2.75, 3.05) is 0 Å². The largest absolute Gasteiger partial charge is 0.453 e. The second kappa shape index (κ2) is 5.72.